The fraction of sp³-hybridized carbons (Fsp3) is 0.562. The Morgan fingerprint density at radius 1 is 1.45 bits per heavy atom. The average molecular weight is 307 g/mol. The van der Waals surface area contributed by atoms with E-state index in [4.69, 9.17) is 9.47 Å². The van der Waals surface area contributed by atoms with Crippen LogP contribution < -0.4 is 15.4 Å². The number of ether oxygens (including phenoxy) is 2. The average Bonchev–Trinajstić information content (AvgIpc) is 3.19. The smallest absolute Gasteiger partial charge is 0.191 e. The highest BCUT2D eigenvalue weighted by molar-refractivity contribution is 5.80. The number of fused-ring (bicyclic) bond motifs is 1. The molecule has 1 aliphatic heterocycles. The zero-order valence-corrected chi connectivity index (χ0v) is 13.0. The molecule has 0 amide bonds. The quantitative estimate of drug-likeness (QED) is 0.661. The second kappa shape index (κ2) is 6.52. The SMILES string of the molecule is CCNC(=NCc1cc(F)cc2c1OCOC2)NC1CC1C. The Balaban J connectivity index is 1.75. The van der Waals surface area contributed by atoms with E-state index in [1.54, 1.807) is 0 Å². The summed E-state index contributed by atoms with van der Waals surface area (Å²) in [5.41, 5.74) is 1.49. The molecule has 5 nitrogen and oxygen atoms in total. The van der Waals surface area contributed by atoms with Crippen molar-refractivity contribution in [1.82, 2.24) is 10.6 Å². The first kappa shape index (κ1) is 15.1. The van der Waals surface area contributed by atoms with Gasteiger partial charge in [-0.25, -0.2) is 9.38 Å². The molecule has 1 aromatic rings. The van der Waals surface area contributed by atoms with Gasteiger partial charge in [0, 0.05) is 23.7 Å². The molecule has 2 aliphatic rings. The first-order valence-corrected chi connectivity index (χ1v) is 7.74. The van der Waals surface area contributed by atoms with E-state index in [9.17, 15) is 4.39 Å². The fourth-order valence-corrected chi connectivity index (χ4v) is 2.56. The molecule has 1 aromatic carbocycles. The Kier molecular flexibility index (Phi) is 4.47. The molecule has 1 heterocycles. The molecule has 0 aromatic heterocycles. The van der Waals surface area contributed by atoms with E-state index < -0.39 is 0 Å². The molecule has 2 unspecified atom stereocenters. The maximum absolute atomic E-state index is 13.7. The molecular formula is C16H22FN3O2. The zero-order chi connectivity index (χ0) is 15.5. The fourth-order valence-electron chi connectivity index (χ4n) is 2.56. The number of hydrogen-bond acceptors (Lipinski definition) is 3. The van der Waals surface area contributed by atoms with E-state index in [0.717, 1.165) is 23.6 Å². The summed E-state index contributed by atoms with van der Waals surface area (Å²) in [4.78, 5) is 4.55. The Hall–Kier alpha value is -1.82. The monoisotopic (exact) mass is 307 g/mol. The molecule has 6 heteroatoms. The Morgan fingerprint density at radius 2 is 2.27 bits per heavy atom. The molecule has 22 heavy (non-hydrogen) atoms. The summed E-state index contributed by atoms with van der Waals surface area (Å²) in [5.74, 6) is 1.87. The third-order valence-electron chi connectivity index (χ3n) is 3.94. The van der Waals surface area contributed by atoms with Crippen LogP contribution in [0.5, 0.6) is 5.75 Å². The molecule has 2 N–H and O–H groups in total. The second-order valence-corrected chi connectivity index (χ2v) is 5.82. The minimum absolute atomic E-state index is 0.202. The lowest BCUT2D eigenvalue weighted by atomic mass is 10.1. The number of aliphatic imine (C=N–C) groups is 1. The number of nitrogens with one attached hydrogen (secondary N) is 2. The molecule has 0 radical (unpaired) electrons. The molecule has 1 saturated carbocycles. The summed E-state index contributed by atoms with van der Waals surface area (Å²) in [7, 11) is 0. The standard InChI is InChI=1S/C16H22FN3O2/c1-3-18-16(20-14-4-10(14)2)19-7-11-5-13(17)6-12-8-21-9-22-15(11)12/h5-6,10,14H,3-4,7-9H2,1-2H3,(H2,18,19,20). The normalized spacial score (nSPS) is 23.5. The van der Waals surface area contributed by atoms with Crippen LogP contribution in [0.1, 0.15) is 31.4 Å². The molecule has 0 saturated heterocycles. The lowest BCUT2D eigenvalue weighted by Crippen LogP contribution is -2.39. The number of rotatable bonds is 4. The number of benzene rings is 1. The molecule has 120 valence electrons. The molecule has 2 atom stereocenters. The molecule has 0 bridgehead atoms. The molecule has 3 rings (SSSR count). The van der Waals surface area contributed by atoms with Crippen molar-refractivity contribution in [2.24, 2.45) is 10.9 Å². The van der Waals surface area contributed by atoms with Crippen LogP contribution in [-0.2, 0) is 17.9 Å². The van der Waals surface area contributed by atoms with Gasteiger partial charge in [0.2, 0.25) is 0 Å². The van der Waals surface area contributed by atoms with Crippen LogP contribution in [0.4, 0.5) is 4.39 Å². The van der Waals surface area contributed by atoms with E-state index in [0.29, 0.717) is 30.9 Å². The van der Waals surface area contributed by atoms with Crippen LogP contribution >= 0.6 is 0 Å². The lowest BCUT2D eigenvalue weighted by Gasteiger charge is -2.20. The summed E-state index contributed by atoms with van der Waals surface area (Å²) >= 11 is 0. The maximum Gasteiger partial charge on any atom is 0.191 e. The number of halogens is 1. The molecular weight excluding hydrogens is 285 g/mol. The van der Waals surface area contributed by atoms with Crippen LogP contribution in [0.25, 0.3) is 0 Å². The van der Waals surface area contributed by atoms with Gasteiger partial charge in [-0.05, 0) is 31.4 Å². The minimum atomic E-state index is -0.285. The van der Waals surface area contributed by atoms with Crippen LogP contribution in [-0.4, -0.2) is 25.3 Å². The highest BCUT2D eigenvalue weighted by Crippen LogP contribution is 2.30. The first-order chi connectivity index (χ1) is 10.7. The van der Waals surface area contributed by atoms with Crippen molar-refractivity contribution in [3.8, 4) is 5.75 Å². The lowest BCUT2D eigenvalue weighted by molar-refractivity contribution is -0.0172. The molecule has 0 spiro atoms. The summed E-state index contributed by atoms with van der Waals surface area (Å²) in [6.45, 7) is 5.97. The van der Waals surface area contributed by atoms with Crippen molar-refractivity contribution in [1.29, 1.82) is 0 Å². The van der Waals surface area contributed by atoms with Crippen molar-refractivity contribution < 1.29 is 13.9 Å². The van der Waals surface area contributed by atoms with Gasteiger partial charge >= 0.3 is 0 Å². The topological polar surface area (TPSA) is 54.9 Å². The third kappa shape index (κ3) is 3.50. The van der Waals surface area contributed by atoms with Gasteiger partial charge < -0.3 is 20.1 Å². The van der Waals surface area contributed by atoms with Gasteiger partial charge in [-0.1, -0.05) is 6.92 Å². The van der Waals surface area contributed by atoms with Gasteiger partial charge in [0.15, 0.2) is 12.8 Å². The third-order valence-corrected chi connectivity index (χ3v) is 3.94. The van der Waals surface area contributed by atoms with E-state index in [-0.39, 0.29) is 12.6 Å². The van der Waals surface area contributed by atoms with Gasteiger partial charge in [-0.3, -0.25) is 0 Å². The van der Waals surface area contributed by atoms with Gasteiger partial charge in [0.05, 0.1) is 13.2 Å². The number of hydrogen-bond donors (Lipinski definition) is 2. The highest BCUT2D eigenvalue weighted by Gasteiger charge is 2.33. The van der Waals surface area contributed by atoms with E-state index in [1.165, 1.54) is 18.6 Å². The van der Waals surface area contributed by atoms with Crippen molar-refractivity contribution >= 4 is 5.96 Å². The molecule has 1 aliphatic carbocycles. The van der Waals surface area contributed by atoms with E-state index >= 15 is 0 Å². The van der Waals surface area contributed by atoms with E-state index in [1.807, 2.05) is 6.92 Å². The van der Waals surface area contributed by atoms with Crippen LogP contribution in [0.3, 0.4) is 0 Å². The van der Waals surface area contributed by atoms with Gasteiger partial charge in [0.25, 0.3) is 0 Å². The van der Waals surface area contributed by atoms with E-state index in [2.05, 4.69) is 22.5 Å². The van der Waals surface area contributed by atoms with Crippen LogP contribution in [0, 0.1) is 11.7 Å². The predicted octanol–water partition coefficient (Wildman–Crippen LogP) is 2.16. The Labute approximate surface area is 129 Å². The second-order valence-electron chi connectivity index (χ2n) is 5.82. The van der Waals surface area contributed by atoms with Crippen LogP contribution in [0.15, 0.2) is 17.1 Å². The predicted molar refractivity (Wildman–Crippen MR) is 82.2 cm³/mol. The van der Waals surface area contributed by atoms with Crippen molar-refractivity contribution in [3.05, 3.63) is 29.1 Å². The largest absolute Gasteiger partial charge is 0.467 e. The van der Waals surface area contributed by atoms with Gasteiger partial charge in [-0.15, -0.1) is 0 Å². The summed E-state index contributed by atoms with van der Waals surface area (Å²) < 4.78 is 24.4. The van der Waals surface area contributed by atoms with Gasteiger partial charge in [-0.2, -0.15) is 0 Å². The summed E-state index contributed by atoms with van der Waals surface area (Å²) in [6, 6.07) is 3.43. The number of nitrogens with zero attached hydrogens (tertiary/aromatic N) is 1. The van der Waals surface area contributed by atoms with Crippen molar-refractivity contribution in [2.75, 3.05) is 13.3 Å². The molecule has 1 fully saturated rings. The van der Waals surface area contributed by atoms with Crippen molar-refractivity contribution in [2.45, 2.75) is 39.5 Å². The maximum atomic E-state index is 13.7. The summed E-state index contributed by atoms with van der Waals surface area (Å²) in [6.07, 6.45) is 1.17. The first-order valence-electron chi connectivity index (χ1n) is 7.74. The minimum Gasteiger partial charge on any atom is -0.467 e. The van der Waals surface area contributed by atoms with Gasteiger partial charge in [0.1, 0.15) is 11.6 Å². The van der Waals surface area contributed by atoms with Crippen LogP contribution in [0.2, 0.25) is 0 Å². The van der Waals surface area contributed by atoms with Crippen molar-refractivity contribution in [3.63, 3.8) is 0 Å². The Morgan fingerprint density at radius 3 is 3.00 bits per heavy atom. The number of guanidine groups is 1. The summed E-state index contributed by atoms with van der Waals surface area (Å²) in [5, 5.41) is 6.61. The highest BCUT2D eigenvalue weighted by atomic mass is 19.1. The zero-order valence-electron chi connectivity index (χ0n) is 13.0. The Bertz CT molecular complexity index is 577.